The van der Waals surface area contributed by atoms with Crippen LogP contribution in [0.1, 0.15) is 26.7 Å². The Hall–Kier alpha value is 0.310. The van der Waals surface area contributed by atoms with E-state index in [1.807, 2.05) is 0 Å². The van der Waals surface area contributed by atoms with E-state index >= 15 is 0 Å². The summed E-state index contributed by atoms with van der Waals surface area (Å²) in [6.07, 6.45) is 11.6. The van der Waals surface area contributed by atoms with Crippen LogP contribution in [-0.2, 0) is 22.1 Å². The van der Waals surface area contributed by atoms with Crippen LogP contribution in [0.5, 0.6) is 0 Å². The molecule has 0 bridgehead atoms. The molecule has 0 amide bonds. The predicted octanol–water partition coefficient (Wildman–Crippen LogP) is 4.06. The Morgan fingerprint density at radius 2 is 1.47 bits per heavy atom. The molecular formula is C15H24ClOSiZr. The molecule has 0 aromatic rings. The van der Waals surface area contributed by atoms with Crippen molar-refractivity contribution in [2.75, 3.05) is 0 Å². The SMILES string of the molecule is CC1=CCC(C([O][Zr]([CH3])([CH3])=[SiH2])C2=CC(C)=CC2)=C1.Cl. The summed E-state index contributed by atoms with van der Waals surface area (Å²) in [6.45, 7) is 6.48. The smallest absolute Gasteiger partial charge is 0.147 e. The number of halogens is 1. The van der Waals surface area contributed by atoms with Gasteiger partial charge in [0, 0.05) is 0 Å². The Morgan fingerprint density at radius 3 is 1.74 bits per heavy atom. The summed E-state index contributed by atoms with van der Waals surface area (Å²) in [6, 6.07) is 0. The normalized spacial score (nSPS) is 18.8. The van der Waals surface area contributed by atoms with E-state index in [2.05, 4.69) is 54.3 Å². The maximum Gasteiger partial charge on any atom is -0.147 e. The predicted molar refractivity (Wildman–Crippen MR) is 85.3 cm³/mol. The molecule has 0 aliphatic heterocycles. The van der Waals surface area contributed by atoms with E-state index in [1.165, 1.54) is 22.3 Å². The molecule has 0 aromatic carbocycles. The summed E-state index contributed by atoms with van der Waals surface area (Å²) in [5.74, 6) is 0. The van der Waals surface area contributed by atoms with Gasteiger partial charge in [0.2, 0.25) is 0 Å². The minimum atomic E-state index is -2.22. The van der Waals surface area contributed by atoms with E-state index in [4.69, 9.17) is 2.81 Å². The van der Waals surface area contributed by atoms with Gasteiger partial charge in [0.1, 0.15) is 0 Å². The second kappa shape index (κ2) is 6.85. The van der Waals surface area contributed by atoms with Crippen molar-refractivity contribution in [3.8, 4) is 0 Å². The molecule has 19 heavy (non-hydrogen) atoms. The van der Waals surface area contributed by atoms with Crippen molar-refractivity contribution >= 4 is 19.3 Å². The summed E-state index contributed by atoms with van der Waals surface area (Å²) in [7, 11) is 0. The molecule has 2 aliphatic rings. The summed E-state index contributed by atoms with van der Waals surface area (Å²) >= 11 is -2.22. The van der Waals surface area contributed by atoms with Crippen molar-refractivity contribution in [3.63, 3.8) is 0 Å². The molecule has 2 rings (SSSR count). The second-order valence-corrected chi connectivity index (χ2v) is 25.3. The van der Waals surface area contributed by atoms with Crippen LogP contribution in [0, 0.1) is 0 Å². The first kappa shape index (κ1) is 17.4. The van der Waals surface area contributed by atoms with E-state index in [-0.39, 0.29) is 18.5 Å². The van der Waals surface area contributed by atoms with Gasteiger partial charge < -0.3 is 0 Å². The van der Waals surface area contributed by atoms with Gasteiger partial charge in [-0.2, -0.15) is 0 Å². The van der Waals surface area contributed by atoms with Gasteiger partial charge in [-0.25, -0.2) is 0 Å². The summed E-state index contributed by atoms with van der Waals surface area (Å²) in [5, 5.41) is 0. The average Bonchev–Trinajstić information content (AvgIpc) is 2.82. The molecule has 0 radical (unpaired) electrons. The Kier molecular flexibility index (Phi) is 6.26. The van der Waals surface area contributed by atoms with Crippen molar-refractivity contribution in [1.82, 2.24) is 0 Å². The zero-order chi connectivity index (χ0) is 13.3. The van der Waals surface area contributed by atoms with E-state index in [0.717, 1.165) is 12.8 Å². The van der Waals surface area contributed by atoms with Gasteiger partial charge in [-0.15, -0.1) is 12.4 Å². The molecule has 1 nitrogen and oxygen atoms in total. The first-order valence-electron chi connectivity index (χ1n) is 6.63. The minimum Gasteiger partial charge on any atom is -0.147 e. The molecule has 0 aromatic heterocycles. The Morgan fingerprint density at radius 1 is 1.05 bits per heavy atom. The van der Waals surface area contributed by atoms with Gasteiger partial charge in [-0.05, 0) is 0 Å². The van der Waals surface area contributed by atoms with Crippen LogP contribution >= 0.6 is 12.4 Å². The summed E-state index contributed by atoms with van der Waals surface area (Å²) < 4.78 is 11.2. The quantitative estimate of drug-likeness (QED) is 0.674. The van der Waals surface area contributed by atoms with Gasteiger partial charge in [0.15, 0.2) is 0 Å². The second-order valence-electron chi connectivity index (χ2n) is 6.00. The third-order valence-electron chi connectivity index (χ3n) is 3.26. The molecule has 0 heterocycles. The molecule has 0 unspecified atom stereocenters. The van der Waals surface area contributed by atoms with Gasteiger partial charge in [-0.1, -0.05) is 0 Å². The van der Waals surface area contributed by atoms with Crippen LogP contribution in [-0.4, -0.2) is 13.0 Å². The molecule has 2 aliphatic carbocycles. The maximum absolute atomic E-state index is 6.52. The van der Waals surface area contributed by atoms with E-state index in [0.29, 0.717) is 0 Å². The van der Waals surface area contributed by atoms with Crippen LogP contribution in [0.25, 0.3) is 0 Å². The third kappa shape index (κ3) is 4.97. The first-order valence-corrected chi connectivity index (χ1v) is 18.5. The number of hydrogen-bond donors (Lipinski definition) is 0. The topological polar surface area (TPSA) is 9.23 Å². The minimum absolute atomic E-state index is 0. The fourth-order valence-corrected chi connectivity index (χ4v) is 5.75. The van der Waals surface area contributed by atoms with Gasteiger partial charge in [-0.3, -0.25) is 0 Å². The molecule has 0 N–H and O–H groups in total. The molecular weight excluding hydrogens is 351 g/mol. The standard InChI is InChI=1S/C13H15O.2CH3.ClH.H2Si.Zr/c1-9-3-5-11(7-9)13(14)12-6-4-10(2)8-12;;;;;/h3-4,7-8,13H,5-6H2,1-2H3;2*1H3;1H;1H2;/q-1;;;;;+1. The monoisotopic (exact) mass is 373 g/mol. The summed E-state index contributed by atoms with van der Waals surface area (Å²) in [4.78, 5) is 0. The van der Waals surface area contributed by atoms with Crippen LogP contribution in [0.4, 0.5) is 0 Å². The van der Waals surface area contributed by atoms with Crippen LogP contribution in [0.15, 0.2) is 46.6 Å². The molecule has 0 fully saturated rings. The maximum atomic E-state index is 6.52. The first-order chi connectivity index (χ1) is 8.35. The fraction of sp³-hybridized carbons (Fsp3) is 0.467. The Balaban J connectivity index is 0.00000180. The van der Waals surface area contributed by atoms with Crippen molar-refractivity contribution in [2.24, 2.45) is 0 Å². The van der Waals surface area contributed by atoms with Crippen molar-refractivity contribution < 1.29 is 22.1 Å². The van der Waals surface area contributed by atoms with Crippen LogP contribution in [0.2, 0.25) is 9.26 Å². The molecule has 0 spiro atoms. The number of allylic oxidation sites excluding steroid dienone is 6. The Bertz CT molecular complexity index is 486. The molecule has 0 saturated carbocycles. The largest absolute Gasteiger partial charge is 0.147 e. The van der Waals surface area contributed by atoms with E-state index in [9.17, 15) is 0 Å². The van der Waals surface area contributed by atoms with E-state index < -0.39 is 19.3 Å². The Labute approximate surface area is 129 Å². The number of hydrogen-bond acceptors (Lipinski definition) is 1. The molecule has 4 heteroatoms. The summed E-state index contributed by atoms with van der Waals surface area (Å²) in [5.41, 5.74) is 5.68. The molecule has 105 valence electrons. The molecule has 0 atom stereocenters. The zero-order valence-corrected chi connectivity index (χ0v) is 17.0. The van der Waals surface area contributed by atoms with Crippen LogP contribution < -0.4 is 0 Å². The van der Waals surface area contributed by atoms with E-state index in [1.54, 1.807) is 0 Å². The van der Waals surface area contributed by atoms with Gasteiger partial charge >= 0.3 is 118 Å². The van der Waals surface area contributed by atoms with Gasteiger partial charge in [0.05, 0.1) is 0 Å². The zero-order valence-electron chi connectivity index (χ0n) is 12.3. The van der Waals surface area contributed by atoms with Gasteiger partial charge in [0.25, 0.3) is 0 Å². The molecule has 0 saturated heterocycles. The number of rotatable bonds is 4. The van der Waals surface area contributed by atoms with Crippen LogP contribution in [0.3, 0.4) is 0 Å². The van der Waals surface area contributed by atoms with Crippen molar-refractivity contribution in [2.45, 2.75) is 42.1 Å². The average molecular weight is 375 g/mol. The fourth-order valence-electron chi connectivity index (χ4n) is 2.45. The van der Waals surface area contributed by atoms with Crippen molar-refractivity contribution in [1.29, 1.82) is 0 Å². The van der Waals surface area contributed by atoms with Crippen molar-refractivity contribution in [3.05, 3.63) is 46.6 Å². The third-order valence-corrected chi connectivity index (χ3v) is 6.39.